The summed E-state index contributed by atoms with van der Waals surface area (Å²) in [7, 11) is 0. The third-order valence-electron chi connectivity index (χ3n) is 4.49. The van der Waals surface area contributed by atoms with Crippen LogP contribution in [-0.2, 0) is 0 Å². The van der Waals surface area contributed by atoms with Crippen molar-refractivity contribution < 1.29 is 9.59 Å². The van der Waals surface area contributed by atoms with Gasteiger partial charge in [0.15, 0.2) is 0 Å². The molecule has 24 heavy (non-hydrogen) atoms. The summed E-state index contributed by atoms with van der Waals surface area (Å²) in [5.41, 5.74) is 0.654. The van der Waals surface area contributed by atoms with Gasteiger partial charge in [0.2, 0.25) is 0 Å². The van der Waals surface area contributed by atoms with E-state index in [2.05, 4.69) is 10.6 Å². The van der Waals surface area contributed by atoms with E-state index in [0.29, 0.717) is 17.3 Å². The van der Waals surface area contributed by atoms with Crippen LogP contribution < -0.4 is 10.6 Å². The number of nitrogens with one attached hydrogen (secondary N) is 2. The average molecular weight is 351 g/mol. The Morgan fingerprint density at radius 2 is 1.83 bits per heavy atom. The van der Waals surface area contributed by atoms with E-state index in [9.17, 15) is 9.59 Å². The van der Waals surface area contributed by atoms with Crippen LogP contribution in [-0.4, -0.2) is 54.1 Å². The highest BCUT2D eigenvalue weighted by molar-refractivity contribution is 6.30. The van der Waals surface area contributed by atoms with Crippen LogP contribution in [0, 0.1) is 0 Å². The van der Waals surface area contributed by atoms with E-state index < -0.39 is 0 Å². The zero-order valence-corrected chi connectivity index (χ0v) is 14.4. The van der Waals surface area contributed by atoms with Gasteiger partial charge in [0.05, 0.1) is 0 Å². The molecule has 2 fully saturated rings. The molecule has 0 saturated carbocycles. The van der Waals surface area contributed by atoms with Crippen LogP contribution in [0.2, 0.25) is 5.02 Å². The van der Waals surface area contributed by atoms with E-state index in [-0.39, 0.29) is 18.1 Å². The van der Waals surface area contributed by atoms with Crippen molar-refractivity contribution in [3.63, 3.8) is 0 Å². The molecule has 0 radical (unpaired) electrons. The van der Waals surface area contributed by atoms with Crippen LogP contribution in [0.15, 0.2) is 24.3 Å². The number of benzene rings is 1. The number of halogens is 1. The Balaban J connectivity index is 1.51. The molecule has 130 valence electrons. The second-order valence-electron chi connectivity index (χ2n) is 6.37. The lowest BCUT2D eigenvalue weighted by Crippen LogP contribution is -2.53. The Bertz CT molecular complexity index is 604. The highest BCUT2D eigenvalue weighted by Gasteiger charge is 2.29. The number of nitrogens with zero attached hydrogens (tertiary/aromatic N) is 2. The number of piperidine rings is 1. The minimum absolute atomic E-state index is 0.0236. The summed E-state index contributed by atoms with van der Waals surface area (Å²) in [6.07, 6.45) is 3.96. The van der Waals surface area contributed by atoms with Crippen molar-refractivity contribution in [2.45, 2.75) is 31.7 Å². The molecule has 4 amide bonds. The van der Waals surface area contributed by atoms with Gasteiger partial charge in [-0.15, -0.1) is 0 Å². The second-order valence-corrected chi connectivity index (χ2v) is 6.81. The molecule has 1 aromatic rings. The average Bonchev–Trinajstić information content (AvgIpc) is 3.08. The maximum atomic E-state index is 12.5. The fourth-order valence-electron chi connectivity index (χ4n) is 3.30. The number of carbonyl (C=O) groups is 2. The zero-order valence-electron chi connectivity index (χ0n) is 13.6. The first-order chi connectivity index (χ1) is 11.6. The standard InChI is InChI=1S/C17H23ClN4O2/c18-13-5-3-6-14(11-13)19-16(23)20-15-7-4-10-22(12-15)17(24)21-8-1-2-9-21/h3,5-6,11,15H,1-2,4,7-10,12H2,(H2,19,20,23). The molecular weight excluding hydrogens is 328 g/mol. The van der Waals surface area contributed by atoms with Crippen LogP contribution in [0.4, 0.5) is 15.3 Å². The Morgan fingerprint density at radius 1 is 1.08 bits per heavy atom. The number of rotatable bonds is 2. The molecule has 7 heteroatoms. The molecule has 3 rings (SSSR count). The minimum Gasteiger partial charge on any atom is -0.333 e. The van der Waals surface area contributed by atoms with E-state index in [0.717, 1.165) is 45.3 Å². The number of amides is 4. The van der Waals surface area contributed by atoms with E-state index >= 15 is 0 Å². The monoisotopic (exact) mass is 350 g/mol. The summed E-state index contributed by atoms with van der Waals surface area (Å²) in [5, 5.41) is 6.31. The third-order valence-corrected chi connectivity index (χ3v) is 4.72. The van der Waals surface area contributed by atoms with Gasteiger partial charge in [0.25, 0.3) is 0 Å². The molecule has 2 saturated heterocycles. The van der Waals surface area contributed by atoms with Gasteiger partial charge >= 0.3 is 12.1 Å². The molecule has 2 aliphatic heterocycles. The molecule has 0 aromatic heterocycles. The fraction of sp³-hybridized carbons (Fsp3) is 0.529. The number of anilines is 1. The molecule has 2 aliphatic rings. The van der Waals surface area contributed by atoms with Gasteiger partial charge in [-0.05, 0) is 43.9 Å². The topological polar surface area (TPSA) is 64.7 Å². The summed E-state index contributed by atoms with van der Waals surface area (Å²) in [6, 6.07) is 6.85. The molecule has 0 aliphatic carbocycles. The summed E-state index contributed by atoms with van der Waals surface area (Å²) >= 11 is 5.92. The summed E-state index contributed by atoms with van der Waals surface area (Å²) in [6.45, 7) is 3.03. The molecule has 1 unspecified atom stereocenters. The number of carbonyl (C=O) groups excluding carboxylic acids is 2. The lowest BCUT2D eigenvalue weighted by atomic mass is 10.1. The fourth-order valence-corrected chi connectivity index (χ4v) is 3.49. The molecule has 0 spiro atoms. The van der Waals surface area contributed by atoms with Crippen LogP contribution in [0.5, 0.6) is 0 Å². The first-order valence-corrected chi connectivity index (χ1v) is 8.86. The Kier molecular flexibility index (Phi) is 5.45. The Hall–Kier alpha value is -1.95. The van der Waals surface area contributed by atoms with Crippen molar-refractivity contribution in [2.24, 2.45) is 0 Å². The highest BCUT2D eigenvalue weighted by atomic mass is 35.5. The quantitative estimate of drug-likeness (QED) is 0.860. The first kappa shape index (κ1) is 16.9. The molecule has 2 heterocycles. The number of hydrogen-bond donors (Lipinski definition) is 2. The highest BCUT2D eigenvalue weighted by Crippen LogP contribution is 2.17. The van der Waals surface area contributed by atoms with Crippen LogP contribution in [0.3, 0.4) is 0 Å². The van der Waals surface area contributed by atoms with E-state index in [1.165, 1.54) is 0 Å². The van der Waals surface area contributed by atoms with E-state index in [1.807, 2.05) is 9.80 Å². The van der Waals surface area contributed by atoms with E-state index in [1.54, 1.807) is 24.3 Å². The third kappa shape index (κ3) is 4.32. The maximum Gasteiger partial charge on any atom is 0.320 e. The minimum atomic E-state index is -0.266. The van der Waals surface area contributed by atoms with Crippen molar-refractivity contribution in [1.29, 1.82) is 0 Å². The normalized spacial score (nSPS) is 20.8. The molecule has 0 bridgehead atoms. The van der Waals surface area contributed by atoms with Gasteiger partial charge in [-0.1, -0.05) is 17.7 Å². The summed E-state index contributed by atoms with van der Waals surface area (Å²) in [5.74, 6) is 0. The van der Waals surface area contributed by atoms with Crippen molar-refractivity contribution in [3.05, 3.63) is 29.3 Å². The molecule has 1 aromatic carbocycles. The van der Waals surface area contributed by atoms with Crippen LogP contribution in [0.25, 0.3) is 0 Å². The number of hydrogen-bond acceptors (Lipinski definition) is 2. The smallest absolute Gasteiger partial charge is 0.320 e. The Morgan fingerprint density at radius 3 is 2.58 bits per heavy atom. The van der Waals surface area contributed by atoms with Gasteiger partial charge in [0, 0.05) is 42.9 Å². The number of likely N-dealkylation sites (tertiary alicyclic amines) is 2. The summed E-state index contributed by atoms with van der Waals surface area (Å²) in [4.78, 5) is 28.4. The first-order valence-electron chi connectivity index (χ1n) is 8.49. The van der Waals surface area contributed by atoms with E-state index in [4.69, 9.17) is 11.6 Å². The SMILES string of the molecule is O=C(Nc1cccc(Cl)c1)NC1CCCN(C(=O)N2CCCC2)C1. The van der Waals surface area contributed by atoms with Gasteiger partial charge in [-0.2, -0.15) is 0 Å². The lowest BCUT2D eigenvalue weighted by Gasteiger charge is -2.35. The van der Waals surface area contributed by atoms with Gasteiger partial charge in [-0.3, -0.25) is 0 Å². The number of urea groups is 2. The zero-order chi connectivity index (χ0) is 16.9. The molecule has 2 N–H and O–H groups in total. The predicted molar refractivity (Wildman–Crippen MR) is 94.4 cm³/mol. The molecule has 6 nitrogen and oxygen atoms in total. The van der Waals surface area contributed by atoms with Crippen molar-refractivity contribution in [2.75, 3.05) is 31.5 Å². The Labute approximate surface area is 147 Å². The van der Waals surface area contributed by atoms with Crippen molar-refractivity contribution in [1.82, 2.24) is 15.1 Å². The second kappa shape index (κ2) is 7.75. The van der Waals surface area contributed by atoms with Gasteiger partial charge in [-0.25, -0.2) is 9.59 Å². The van der Waals surface area contributed by atoms with Crippen molar-refractivity contribution in [3.8, 4) is 0 Å². The maximum absolute atomic E-state index is 12.5. The van der Waals surface area contributed by atoms with Gasteiger partial charge in [0.1, 0.15) is 0 Å². The van der Waals surface area contributed by atoms with Gasteiger partial charge < -0.3 is 20.4 Å². The largest absolute Gasteiger partial charge is 0.333 e. The molecule has 1 atom stereocenters. The van der Waals surface area contributed by atoms with Crippen LogP contribution in [0.1, 0.15) is 25.7 Å². The predicted octanol–water partition coefficient (Wildman–Crippen LogP) is 3.14. The van der Waals surface area contributed by atoms with Crippen LogP contribution >= 0.6 is 11.6 Å². The lowest BCUT2D eigenvalue weighted by molar-refractivity contribution is 0.143. The summed E-state index contributed by atoms with van der Waals surface area (Å²) < 4.78 is 0. The van der Waals surface area contributed by atoms with Crippen molar-refractivity contribution >= 4 is 29.4 Å². The molecular formula is C17H23ClN4O2.